The minimum Gasteiger partial charge on any atom is -0.350 e. The van der Waals surface area contributed by atoms with E-state index in [4.69, 9.17) is 0 Å². The molecule has 1 heterocycles. The van der Waals surface area contributed by atoms with Crippen LogP contribution in [0.15, 0.2) is 67.0 Å². The Bertz CT molecular complexity index is 552. The second-order valence-electron chi connectivity index (χ2n) is 4.11. The SMILES string of the molecule is C=CCN1C=CC(=Cc2ccc([N+](=O)[O-])cc2)C=C1. The van der Waals surface area contributed by atoms with Crippen molar-refractivity contribution in [3.05, 3.63) is 82.7 Å². The molecule has 1 aromatic rings. The topological polar surface area (TPSA) is 46.4 Å². The molecule has 96 valence electrons. The fourth-order valence-corrected chi connectivity index (χ4v) is 1.72. The lowest BCUT2D eigenvalue weighted by Gasteiger charge is -2.16. The number of allylic oxidation sites excluding steroid dienone is 3. The second kappa shape index (κ2) is 5.82. The van der Waals surface area contributed by atoms with E-state index in [1.54, 1.807) is 12.1 Å². The summed E-state index contributed by atoms with van der Waals surface area (Å²) in [5.74, 6) is 0. The quantitative estimate of drug-likeness (QED) is 0.469. The Morgan fingerprint density at radius 3 is 2.37 bits per heavy atom. The van der Waals surface area contributed by atoms with Crippen molar-refractivity contribution in [1.82, 2.24) is 4.90 Å². The molecule has 0 saturated carbocycles. The van der Waals surface area contributed by atoms with Gasteiger partial charge in [0.25, 0.3) is 5.69 Å². The lowest BCUT2D eigenvalue weighted by Crippen LogP contribution is -2.10. The zero-order chi connectivity index (χ0) is 13.7. The summed E-state index contributed by atoms with van der Waals surface area (Å²) >= 11 is 0. The van der Waals surface area contributed by atoms with Gasteiger partial charge in [-0.25, -0.2) is 0 Å². The van der Waals surface area contributed by atoms with Crippen molar-refractivity contribution in [1.29, 1.82) is 0 Å². The molecule has 1 aliphatic rings. The van der Waals surface area contributed by atoms with Gasteiger partial charge in [0.15, 0.2) is 0 Å². The zero-order valence-electron chi connectivity index (χ0n) is 10.4. The average molecular weight is 254 g/mol. The molecule has 0 saturated heterocycles. The Kier molecular flexibility index (Phi) is 3.93. The van der Waals surface area contributed by atoms with E-state index in [-0.39, 0.29) is 5.69 Å². The van der Waals surface area contributed by atoms with Crippen molar-refractivity contribution in [2.75, 3.05) is 6.54 Å². The molecule has 2 rings (SSSR count). The Morgan fingerprint density at radius 2 is 1.84 bits per heavy atom. The zero-order valence-corrected chi connectivity index (χ0v) is 10.4. The van der Waals surface area contributed by atoms with Gasteiger partial charge in [0.2, 0.25) is 0 Å². The standard InChI is InChI=1S/C15H14N2O2/c1-2-9-16-10-7-14(8-11-16)12-13-3-5-15(6-4-13)17(18)19/h2-8,10-12H,1,9H2. The number of non-ortho nitro benzene ring substituents is 1. The predicted octanol–water partition coefficient (Wildman–Crippen LogP) is 3.51. The summed E-state index contributed by atoms with van der Waals surface area (Å²) in [6.07, 6.45) is 11.7. The molecule has 0 unspecified atom stereocenters. The molecule has 4 nitrogen and oxygen atoms in total. The van der Waals surface area contributed by atoms with Crippen molar-refractivity contribution in [2.45, 2.75) is 0 Å². The van der Waals surface area contributed by atoms with Crippen molar-refractivity contribution < 1.29 is 4.92 Å². The van der Waals surface area contributed by atoms with Crippen LogP contribution in [0.3, 0.4) is 0 Å². The molecule has 0 fully saturated rings. The van der Waals surface area contributed by atoms with E-state index < -0.39 is 4.92 Å². The first-order chi connectivity index (χ1) is 9.19. The van der Waals surface area contributed by atoms with Gasteiger partial charge < -0.3 is 4.90 Å². The molecule has 0 bridgehead atoms. The van der Waals surface area contributed by atoms with Gasteiger partial charge in [0.05, 0.1) is 4.92 Å². The fourth-order valence-electron chi connectivity index (χ4n) is 1.72. The Hall–Kier alpha value is -2.62. The number of benzene rings is 1. The van der Waals surface area contributed by atoms with Gasteiger partial charge in [0.1, 0.15) is 0 Å². The maximum absolute atomic E-state index is 10.6. The number of nitrogens with zero attached hydrogens (tertiary/aromatic N) is 2. The smallest absolute Gasteiger partial charge is 0.269 e. The van der Waals surface area contributed by atoms with Crippen molar-refractivity contribution in [2.24, 2.45) is 0 Å². The van der Waals surface area contributed by atoms with Crippen LogP contribution < -0.4 is 0 Å². The third kappa shape index (κ3) is 3.42. The summed E-state index contributed by atoms with van der Waals surface area (Å²) in [6, 6.07) is 6.49. The van der Waals surface area contributed by atoms with Gasteiger partial charge in [-0.2, -0.15) is 0 Å². The van der Waals surface area contributed by atoms with Crippen LogP contribution >= 0.6 is 0 Å². The number of rotatable bonds is 4. The Labute approximate surface area is 111 Å². The van der Waals surface area contributed by atoms with Crippen molar-refractivity contribution in [3.8, 4) is 0 Å². The van der Waals surface area contributed by atoms with E-state index in [0.29, 0.717) is 0 Å². The van der Waals surface area contributed by atoms with Crippen LogP contribution in [0.4, 0.5) is 5.69 Å². The molecule has 0 spiro atoms. The molecule has 0 atom stereocenters. The molecule has 0 aliphatic carbocycles. The normalized spacial score (nSPS) is 13.5. The van der Waals surface area contributed by atoms with Crippen LogP contribution in [0, 0.1) is 10.1 Å². The minimum absolute atomic E-state index is 0.106. The van der Waals surface area contributed by atoms with Gasteiger partial charge in [-0.3, -0.25) is 10.1 Å². The van der Waals surface area contributed by atoms with Crippen molar-refractivity contribution >= 4 is 11.8 Å². The first kappa shape index (κ1) is 12.8. The van der Waals surface area contributed by atoms with Crippen LogP contribution in [0.25, 0.3) is 6.08 Å². The highest BCUT2D eigenvalue weighted by molar-refractivity contribution is 5.61. The summed E-state index contributed by atoms with van der Waals surface area (Å²) in [4.78, 5) is 12.2. The van der Waals surface area contributed by atoms with E-state index in [2.05, 4.69) is 6.58 Å². The summed E-state index contributed by atoms with van der Waals surface area (Å²) in [6.45, 7) is 4.46. The van der Waals surface area contributed by atoms with Crippen LogP contribution in [-0.2, 0) is 0 Å². The third-order valence-electron chi connectivity index (χ3n) is 2.69. The van der Waals surface area contributed by atoms with Crippen LogP contribution in [0.1, 0.15) is 5.56 Å². The molecule has 0 aromatic heterocycles. The largest absolute Gasteiger partial charge is 0.350 e. The molecular formula is C15H14N2O2. The van der Waals surface area contributed by atoms with Crippen LogP contribution in [0.5, 0.6) is 0 Å². The van der Waals surface area contributed by atoms with Crippen molar-refractivity contribution in [3.63, 3.8) is 0 Å². The number of nitro benzene ring substituents is 1. The first-order valence-corrected chi connectivity index (χ1v) is 5.88. The first-order valence-electron chi connectivity index (χ1n) is 5.88. The van der Waals surface area contributed by atoms with E-state index in [9.17, 15) is 10.1 Å². The van der Waals surface area contributed by atoms with Crippen LogP contribution in [0.2, 0.25) is 0 Å². The summed E-state index contributed by atoms with van der Waals surface area (Å²) < 4.78 is 0. The Balaban J connectivity index is 2.10. The van der Waals surface area contributed by atoms with Gasteiger partial charge >= 0.3 is 0 Å². The van der Waals surface area contributed by atoms with Gasteiger partial charge in [0, 0.05) is 31.1 Å². The molecule has 19 heavy (non-hydrogen) atoms. The molecular weight excluding hydrogens is 240 g/mol. The average Bonchev–Trinajstić information content (AvgIpc) is 2.42. The minimum atomic E-state index is -0.398. The van der Waals surface area contributed by atoms with E-state index in [1.165, 1.54) is 12.1 Å². The molecule has 1 aliphatic heterocycles. The molecule has 1 aromatic carbocycles. The third-order valence-corrected chi connectivity index (χ3v) is 2.69. The molecule has 0 amide bonds. The van der Waals surface area contributed by atoms with E-state index >= 15 is 0 Å². The highest BCUT2D eigenvalue weighted by Crippen LogP contribution is 2.17. The van der Waals surface area contributed by atoms with Crippen LogP contribution in [-0.4, -0.2) is 16.4 Å². The lowest BCUT2D eigenvalue weighted by molar-refractivity contribution is -0.384. The van der Waals surface area contributed by atoms with Gasteiger partial charge in [-0.1, -0.05) is 6.08 Å². The lowest BCUT2D eigenvalue weighted by atomic mass is 10.1. The monoisotopic (exact) mass is 254 g/mol. The Morgan fingerprint density at radius 1 is 1.21 bits per heavy atom. The summed E-state index contributed by atoms with van der Waals surface area (Å²) in [5, 5.41) is 10.6. The maximum atomic E-state index is 10.6. The van der Waals surface area contributed by atoms with Gasteiger partial charge in [-0.15, -0.1) is 6.58 Å². The number of nitro groups is 1. The predicted molar refractivity (Wildman–Crippen MR) is 76.3 cm³/mol. The van der Waals surface area contributed by atoms with Gasteiger partial charge in [-0.05, 0) is 41.5 Å². The fraction of sp³-hybridized carbons (Fsp3) is 0.0667. The second-order valence-corrected chi connectivity index (χ2v) is 4.11. The summed E-state index contributed by atoms with van der Waals surface area (Å²) in [7, 11) is 0. The molecule has 0 N–H and O–H groups in total. The highest BCUT2D eigenvalue weighted by atomic mass is 16.6. The molecule has 4 heteroatoms. The summed E-state index contributed by atoms with van der Waals surface area (Å²) in [5.41, 5.74) is 2.09. The molecule has 0 radical (unpaired) electrons. The highest BCUT2D eigenvalue weighted by Gasteiger charge is 2.03. The number of hydrogen-bond donors (Lipinski definition) is 0. The number of hydrogen-bond acceptors (Lipinski definition) is 3. The van der Waals surface area contributed by atoms with E-state index in [0.717, 1.165) is 17.7 Å². The van der Waals surface area contributed by atoms with E-state index in [1.807, 2.05) is 41.6 Å². The maximum Gasteiger partial charge on any atom is 0.269 e.